The van der Waals surface area contributed by atoms with Gasteiger partial charge in [-0.25, -0.2) is 4.99 Å². The van der Waals surface area contributed by atoms with E-state index in [1.807, 2.05) is 0 Å². The van der Waals surface area contributed by atoms with Crippen LogP contribution in [0.25, 0.3) is 0 Å². The second kappa shape index (κ2) is 6.75. The van der Waals surface area contributed by atoms with Gasteiger partial charge in [-0.2, -0.15) is 13.2 Å². The van der Waals surface area contributed by atoms with Crippen molar-refractivity contribution >= 4 is 17.6 Å². The number of nitrogens with one attached hydrogen (secondary N) is 2. The number of amides is 2. The van der Waals surface area contributed by atoms with Gasteiger partial charge in [0.15, 0.2) is 0 Å². The Morgan fingerprint density at radius 3 is 2.37 bits per heavy atom. The number of rotatable bonds is 4. The van der Waals surface area contributed by atoms with Crippen LogP contribution in [-0.4, -0.2) is 36.6 Å². The SMILES string of the molecule is COc1ccccc1C(=O)NC1(C(F)(F)F)N=C(c2ccccc2)NC1=O. The Hall–Kier alpha value is -3.36. The summed E-state index contributed by atoms with van der Waals surface area (Å²) in [6.07, 6.45) is -5.16. The highest BCUT2D eigenvalue weighted by Crippen LogP contribution is 2.35. The highest BCUT2D eigenvalue weighted by atomic mass is 19.4. The van der Waals surface area contributed by atoms with E-state index in [0.29, 0.717) is 0 Å². The zero-order chi connectivity index (χ0) is 19.7. The third-order valence-electron chi connectivity index (χ3n) is 3.94. The minimum absolute atomic E-state index is 0.0676. The lowest BCUT2D eigenvalue weighted by molar-refractivity contribution is -0.192. The van der Waals surface area contributed by atoms with Gasteiger partial charge in [-0.3, -0.25) is 9.59 Å². The number of para-hydroxylation sites is 1. The van der Waals surface area contributed by atoms with Gasteiger partial charge in [-0.05, 0) is 12.1 Å². The first-order chi connectivity index (χ1) is 12.8. The number of amidine groups is 1. The van der Waals surface area contributed by atoms with E-state index in [0.717, 1.165) is 0 Å². The largest absolute Gasteiger partial charge is 0.496 e. The number of methoxy groups -OCH3 is 1. The zero-order valence-electron chi connectivity index (χ0n) is 14.0. The van der Waals surface area contributed by atoms with E-state index in [2.05, 4.69) is 10.3 Å². The molecule has 3 rings (SSSR count). The second-order valence-corrected chi connectivity index (χ2v) is 5.64. The fraction of sp³-hybridized carbons (Fsp3) is 0.167. The molecule has 0 saturated heterocycles. The van der Waals surface area contributed by atoms with Gasteiger partial charge in [0.05, 0.1) is 12.7 Å². The monoisotopic (exact) mass is 377 g/mol. The van der Waals surface area contributed by atoms with E-state index in [9.17, 15) is 22.8 Å². The van der Waals surface area contributed by atoms with E-state index in [1.54, 1.807) is 29.6 Å². The van der Waals surface area contributed by atoms with Crippen molar-refractivity contribution in [2.45, 2.75) is 11.8 Å². The van der Waals surface area contributed by atoms with Crippen LogP contribution in [0.1, 0.15) is 15.9 Å². The van der Waals surface area contributed by atoms with Crippen molar-refractivity contribution in [1.29, 1.82) is 0 Å². The summed E-state index contributed by atoms with van der Waals surface area (Å²) < 4.78 is 46.4. The molecule has 0 saturated carbocycles. The predicted octanol–water partition coefficient (Wildman–Crippen LogP) is 2.26. The van der Waals surface area contributed by atoms with Crippen molar-refractivity contribution in [3.63, 3.8) is 0 Å². The maximum Gasteiger partial charge on any atom is 0.442 e. The summed E-state index contributed by atoms with van der Waals surface area (Å²) in [6.45, 7) is 0. The van der Waals surface area contributed by atoms with Crippen LogP contribution in [0.2, 0.25) is 0 Å². The predicted molar refractivity (Wildman–Crippen MR) is 90.4 cm³/mol. The van der Waals surface area contributed by atoms with Crippen LogP contribution in [0.15, 0.2) is 59.6 Å². The quantitative estimate of drug-likeness (QED) is 0.858. The summed E-state index contributed by atoms with van der Waals surface area (Å²) >= 11 is 0. The van der Waals surface area contributed by atoms with Gasteiger partial charge in [0, 0.05) is 5.56 Å². The van der Waals surface area contributed by atoms with E-state index >= 15 is 0 Å². The molecule has 2 aromatic rings. The Labute approximate surface area is 152 Å². The molecule has 2 aromatic carbocycles. The smallest absolute Gasteiger partial charge is 0.442 e. The highest BCUT2D eigenvalue weighted by Gasteiger charge is 2.65. The Balaban J connectivity index is 2.03. The lowest BCUT2D eigenvalue weighted by atomic mass is 10.1. The molecule has 1 atom stereocenters. The van der Waals surface area contributed by atoms with Crippen molar-refractivity contribution in [1.82, 2.24) is 10.6 Å². The minimum atomic E-state index is -5.16. The van der Waals surface area contributed by atoms with Crippen LogP contribution in [0.5, 0.6) is 5.75 Å². The van der Waals surface area contributed by atoms with Gasteiger partial charge < -0.3 is 15.4 Å². The van der Waals surface area contributed by atoms with E-state index in [4.69, 9.17) is 4.74 Å². The molecule has 1 aliphatic heterocycles. The molecule has 0 spiro atoms. The molecule has 2 N–H and O–H groups in total. The summed E-state index contributed by atoms with van der Waals surface area (Å²) in [5, 5.41) is 3.83. The second-order valence-electron chi connectivity index (χ2n) is 5.64. The lowest BCUT2D eigenvalue weighted by Crippen LogP contribution is -2.63. The number of ether oxygens (including phenoxy) is 1. The third kappa shape index (κ3) is 3.23. The number of halogens is 3. The number of nitrogens with zero attached hydrogens (tertiary/aromatic N) is 1. The number of hydrogen-bond donors (Lipinski definition) is 2. The molecule has 9 heteroatoms. The maximum atomic E-state index is 13.8. The minimum Gasteiger partial charge on any atom is -0.496 e. The highest BCUT2D eigenvalue weighted by molar-refractivity contribution is 6.17. The van der Waals surface area contributed by atoms with Gasteiger partial charge in [0.1, 0.15) is 11.6 Å². The molecular formula is C18H14F3N3O3. The molecule has 0 aliphatic carbocycles. The van der Waals surface area contributed by atoms with Crippen molar-refractivity contribution in [2.24, 2.45) is 4.99 Å². The molecule has 27 heavy (non-hydrogen) atoms. The summed E-state index contributed by atoms with van der Waals surface area (Å²) in [7, 11) is 1.28. The van der Waals surface area contributed by atoms with Crippen LogP contribution < -0.4 is 15.4 Å². The van der Waals surface area contributed by atoms with Crippen molar-refractivity contribution in [3.8, 4) is 5.75 Å². The van der Waals surface area contributed by atoms with Gasteiger partial charge in [0.25, 0.3) is 11.8 Å². The van der Waals surface area contributed by atoms with Crippen molar-refractivity contribution < 1.29 is 27.5 Å². The Kier molecular flexibility index (Phi) is 4.61. The molecule has 1 heterocycles. The van der Waals surface area contributed by atoms with Crippen LogP contribution in [-0.2, 0) is 4.79 Å². The van der Waals surface area contributed by atoms with Gasteiger partial charge in [-0.1, -0.05) is 42.5 Å². The van der Waals surface area contributed by atoms with Crippen LogP contribution in [0, 0.1) is 0 Å². The van der Waals surface area contributed by atoms with Crippen LogP contribution in [0.3, 0.4) is 0 Å². The van der Waals surface area contributed by atoms with Crippen molar-refractivity contribution in [3.05, 3.63) is 65.7 Å². The fourth-order valence-electron chi connectivity index (χ4n) is 2.59. The Morgan fingerprint density at radius 1 is 1.11 bits per heavy atom. The zero-order valence-corrected chi connectivity index (χ0v) is 14.0. The number of carbonyl (C=O) groups is 2. The van der Waals surface area contributed by atoms with Crippen LogP contribution in [0.4, 0.5) is 13.2 Å². The molecule has 2 amide bonds. The average Bonchev–Trinajstić information content (AvgIpc) is 3.00. The van der Waals surface area contributed by atoms with Gasteiger partial charge in [-0.15, -0.1) is 0 Å². The van der Waals surface area contributed by atoms with E-state index < -0.39 is 23.7 Å². The summed E-state index contributed by atoms with van der Waals surface area (Å²) in [5.74, 6) is -2.84. The number of aliphatic imine (C=N–C) groups is 1. The number of alkyl halides is 3. The average molecular weight is 377 g/mol. The molecule has 0 bridgehead atoms. The number of hydrogen-bond acceptors (Lipinski definition) is 4. The van der Waals surface area contributed by atoms with E-state index in [-0.39, 0.29) is 22.7 Å². The topological polar surface area (TPSA) is 79.8 Å². The first-order valence-electron chi connectivity index (χ1n) is 7.77. The Bertz CT molecular complexity index is 913. The summed E-state index contributed by atoms with van der Waals surface area (Å²) in [6, 6.07) is 13.6. The first kappa shape index (κ1) is 18.4. The third-order valence-corrected chi connectivity index (χ3v) is 3.94. The van der Waals surface area contributed by atoms with Gasteiger partial charge >= 0.3 is 11.8 Å². The molecule has 140 valence electrons. The lowest BCUT2D eigenvalue weighted by Gasteiger charge is -2.27. The maximum absolute atomic E-state index is 13.8. The number of benzene rings is 2. The molecule has 6 nitrogen and oxygen atoms in total. The summed E-state index contributed by atoms with van der Waals surface area (Å²) in [4.78, 5) is 28.3. The van der Waals surface area contributed by atoms with Gasteiger partial charge in [0.2, 0.25) is 0 Å². The first-order valence-corrected chi connectivity index (χ1v) is 7.77. The molecular weight excluding hydrogens is 363 g/mol. The fourth-order valence-corrected chi connectivity index (χ4v) is 2.59. The Morgan fingerprint density at radius 2 is 1.74 bits per heavy atom. The molecule has 0 fully saturated rings. The van der Waals surface area contributed by atoms with Crippen molar-refractivity contribution in [2.75, 3.05) is 7.11 Å². The molecule has 0 aromatic heterocycles. The standard InChI is InChI=1S/C18H14F3N3O3/c1-27-13-10-6-5-9-12(13)15(25)24-17(18(19,20)21)16(26)22-14(23-17)11-7-3-2-4-8-11/h2-10H,1H3,(H,24,25)(H,22,23,26). The normalized spacial score (nSPS) is 19.3. The number of carbonyl (C=O) groups excluding carboxylic acids is 2. The molecule has 1 unspecified atom stereocenters. The van der Waals surface area contributed by atoms with Crippen LogP contribution >= 0.6 is 0 Å². The molecule has 1 aliphatic rings. The van der Waals surface area contributed by atoms with E-state index in [1.165, 1.54) is 37.4 Å². The summed E-state index contributed by atoms with van der Waals surface area (Å²) in [5.41, 5.74) is -3.31. The molecule has 0 radical (unpaired) electrons.